The van der Waals surface area contributed by atoms with E-state index < -0.39 is 0 Å². The van der Waals surface area contributed by atoms with Gasteiger partial charge in [-0.15, -0.1) is 0 Å². The fourth-order valence-corrected chi connectivity index (χ4v) is 3.97. The van der Waals surface area contributed by atoms with E-state index in [1.807, 2.05) is 0 Å². The molecule has 0 aromatic carbocycles. The molecule has 1 aliphatic heterocycles. The molecule has 1 heterocycles. The van der Waals surface area contributed by atoms with Crippen LogP contribution in [0.4, 0.5) is 0 Å². The van der Waals surface area contributed by atoms with Crippen LogP contribution in [0, 0.1) is 11.3 Å². The molecule has 0 radical (unpaired) electrons. The molecule has 1 atom stereocenters. The van der Waals surface area contributed by atoms with Crippen molar-refractivity contribution in [1.29, 1.82) is 0 Å². The first-order chi connectivity index (χ1) is 10.1. The molecule has 4 nitrogen and oxygen atoms in total. The minimum atomic E-state index is 0.105. The summed E-state index contributed by atoms with van der Waals surface area (Å²) in [5.74, 6) is 1.00. The van der Waals surface area contributed by atoms with Gasteiger partial charge in [0.2, 0.25) is 5.91 Å². The van der Waals surface area contributed by atoms with Crippen molar-refractivity contribution in [3.8, 4) is 0 Å². The lowest BCUT2D eigenvalue weighted by molar-refractivity contribution is -0.133. The summed E-state index contributed by atoms with van der Waals surface area (Å²) in [6.07, 6.45) is 7.93. The van der Waals surface area contributed by atoms with E-state index in [2.05, 4.69) is 23.8 Å². The van der Waals surface area contributed by atoms with Crippen LogP contribution in [-0.2, 0) is 4.79 Å². The number of likely N-dealkylation sites (tertiary alicyclic amines) is 1. The standard InChI is InChI=1S/C17H33N3O/c1-3-19(2)12-15-7-10-20(13-15)16(21)11-17(14-18)8-5-4-6-9-17/h15H,3-14,18H2,1-2H3. The van der Waals surface area contributed by atoms with Gasteiger partial charge in [-0.2, -0.15) is 0 Å². The molecule has 0 aromatic heterocycles. The van der Waals surface area contributed by atoms with E-state index >= 15 is 0 Å². The number of nitrogens with zero attached hydrogens (tertiary/aromatic N) is 2. The Morgan fingerprint density at radius 1 is 1.33 bits per heavy atom. The molecular weight excluding hydrogens is 262 g/mol. The maximum atomic E-state index is 12.6. The van der Waals surface area contributed by atoms with Crippen molar-refractivity contribution in [2.45, 2.75) is 51.9 Å². The topological polar surface area (TPSA) is 49.6 Å². The molecule has 2 N–H and O–H groups in total. The molecular formula is C17H33N3O. The normalized spacial score (nSPS) is 25.5. The highest BCUT2D eigenvalue weighted by Gasteiger charge is 2.36. The zero-order valence-electron chi connectivity index (χ0n) is 13.9. The highest BCUT2D eigenvalue weighted by Crippen LogP contribution is 2.39. The summed E-state index contributed by atoms with van der Waals surface area (Å²) in [6.45, 7) is 6.95. The summed E-state index contributed by atoms with van der Waals surface area (Å²) >= 11 is 0. The fourth-order valence-electron chi connectivity index (χ4n) is 3.97. The number of amides is 1. The molecule has 21 heavy (non-hydrogen) atoms. The minimum absolute atomic E-state index is 0.105. The molecule has 1 saturated carbocycles. The molecule has 1 amide bonds. The summed E-state index contributed by atoms with van der Waals surface area (Å²) in [5.41, 5.74) is 6.12. The van der Waals surface area contributed by atoms with Gasteiger partial charge in [0.15, 0.2) is 0 Å². The summed E-state index contributed by atoms with van der Waals surface area (Å²) in [5, 5.41) is 0. The van der Waals surface area contributed by atoms with Crippen LogP contribution in [0.5, 0.6) is 0 Å². The van der Waals surface area contributed by atoms with Gasteiger partial charge in [0.25, 0.3) is 0 Å². The molecule has 2 fully saturated rings. The smallest absolute Gasteiger partial charge is 0.223 e. The van der Waals surface area contributed by atoms with Gasteiger partial charge < -0.3 is 15.5 Å². The molecule has 122 valence electrons. The van der Waals surface area contributed by atoms with Crippen molar-refractivity contribution < 1.29 is 4.79 Å². The lowest BCUT2D eigenvalue weighted by Gasteiger charge is -2.36. The number of rotatable bonds is 6. The lowest BCUT2D eigenvalue weighted by Crippen LogP contribution is -2.40. The van der Waals surface area contributed by atoms with E-state index in [1.54, 1.807) is 0 Å². The summed E-state index contributed by atoms with van der Waals surface area (Å²) < 4.78 is 0. The summed E-state index contributed by atoms with van der Waals surface area (Å²) in [7, 11) is 2.16. The average Bonchev–Trinajstić information content (AvgIpc) is 2.96. The molecule has 2 rings (SSSR count). The predicted octanol–water partition coefficient (Wildman–Crippen LogP) is 2.09. The van der Waals surface area contributed by atoms with Crippen molar-refractivity contribution in [2.24, 2.45) is 17.1 Å². The quantitative estimate of drug-likeness (QED) is 0.816. The Hall–Kier alpha value is -0.610. The lowest BCUT2D eigenvalue weighted by atomic mass is 9.71. The van der Waals surface area contributed by atoms with E-state index in [-0.39, 0.29) is 5.41 Å². The first-order valence-electron chi connectivity index (χ1n) is 8.75. The van der Waals surface area contributed by atoms with Crippen LogP contribution in [-0.4, -0.2) is 55.5 Å². The monoisotopic (exact) mass is 295 g/mol. The van der Waals surface area contributed by atoms with Crippen LogP contribution in [0.25, 0.3) is 0 Å². The van der Waals surface area contributed by atoms with Gasteiger partial charge in [0.1, 0.15) is 0 Å². The summed E-state index contributed by atoms with van der Waals surface area (Å²) in [4.78, 5) is 17.1. The number of carbonyl (C=O) groups is 1. The van der Waals surface area contributed by atoms with Gasteiger partial charge in [0.05, 0.1) is 0 Å². The molecule has 2 aliphatic rings. The van der Waals surface area contributed by atoms with Crippen LogP contribution >= 0.6 is 0 Å². The van der Waals surface area contributed by atoms with Crippen molar-refractivity contribution in [1.82, 2.24) is 9.80 Å². The number of carbonyl (C=O) groups excluding carboxylic acids is 1. The zero-order chi connectivity index (χ0) is 15.3. The highest BCUT2D eigenvalue weighted by atomic mass is 16.2. The van der Waals surface area contributed by atoms with Crippen LogP contribution in [0.2, 0.25) is 0 Å². The van der Waals surface area contributed by atoms with E-state index in [0.29, 0.717) is 24.8 Å². The van der Waals surface area contributed by atoms with E-state index in [1.165, 1.54) is 19.3 Å². The first-order valence-corrected chi connectivity index (χ1v) is 8.75. The molecule has 0 spiro atoms. The Balaban J connectivity index is 1.83. The Morgan fingerprint density at radius 3 is 2.67 bits per heavy atom. The molecule has 0 bridgehead atoms. The predicted molar refractivity (Wildman–Crippen MR) is 87.0 cm³/mol. The SMILES string of the molecule is CCN(C)CC1CCN(C(=O)CC2(CN)CCCCC2)C1. The molecule has 0 aromatic rings. The second-order valence-corrected chi connectivity index (χ2v) is 7.29. The van der Waals surface area contributed by atoms with Gasteiger partial charge >= 0.3 is 0 Å². The van der Waals surface area contributed by atoms with Gasteiger partial charge in [-0.05, 0) is 50.7 Å². The van der Waals surface area contributed by atoms with Crippen molar-refractivity contribution in [3.63, 3.8) is 0 Å². The molecule has 1 saturated heterocycles. The van der Waals surface area contributed by atoms with E-state index in [0.717, 1.165) is 45.4 Å². The molecule has 4 heteroatoms. The minimum Gasteiger partial charge on any atom is -0.342 e. The van der Waals surface area contributed by atoms with Crippen LogP contribution in [0.3, 0.4) is 0 Å². The maximum Gasteiger partial charge on any atom is 0.223 e. The van der Waals surface area contributed by atoms with Crippen LogP contribution in [0.1, 0.15) is 51.9 Å². The van der Waals surface area contributed by atoms with Gasteiger partial charge in [-0.25, -0.2) is 0 Å². The second kappa shape index (κ2) is 7.59. The molecule has 1 aliphatic carbocycles. The third-order valence-corrected chi connectivity index (χ3v) is 5.62. The van der Waals surface area contributed by atoms with E-state index in [4.69, 9.17) is 5.73 Å². The number of nitrogens with two attached hydrogens (primary N) is 1. The Bertz CT molecular complexity index is 339. The van der Waals surface area contributed by atoms with Crippen molar-refractivity contribution in [2.75, 3.05) is 39.8 Å². The maximum absolute atomic E-state index is 12.6. The number of hydrogen-bond donors (Lipinski definition) is 1. The third kappa shape index (κ3) is 4.43. The van der Waals surface area contributed by atoms with Gasteiger partial charge in [-0.1, -0.05) is 26.2 Å². The largest absolute Gasteiger partial charge is 0.342 e. The van der Waals surface area contributed by atoms with E-state index in [9.17, 15) is 4.79 Å². The van der Waals surface area contributed by atoms with Gasteiger partial charge in [0, 0.05) is 26.1 Å². The van der Waals surface area contributed by atoms with Crippen molar-refractivity contribution >= 4 is 5.91 Å². The zero-order valence-corrected chi connectivity index (χ0v) is 13.9. The Labute approximate surface area is 130 Å². The Morgan fingerprint density at radius 2 is 2.05 bits per heavy atom. The van der Waals surface area contributed by atoms with Crippen molar-refractivity contribution in [3.05, 3.63) is 0 Å². The van der Waals surface area contributed by atoms with Crippen LogP contribution < -0.4 is 5.73 Å². The van der Waals surface area contributed by atoms with Gasteiger partial charge in [-0.3, -0.25) is 4.79 Å². The first kappa shape index (κ1) is 16.8. The summed E-state index contributed by atoms with van der Waals surface area (Å²) in [6, 6.07) is 0. The average molecular weight is 295 g/mol. The molecule has 1 unspecified atom stereocenters. The highest BCUT2D eigenvalue weighted by molar-refractivity contribution is 5.77. The number of hydrogen-bond acceptors (Lipinski definition) is 3. The second-order valence-electron chi connectivity index (χ2n) is 7.29. The fraction of sp³-hybridized carbons (Fsp3) is 0.941. The Kier molecular flexibility index (Phi) is 6.06. The van der Waals surface area contributed by atoms with Crippen LogP contribution in [0.15, 0.2) is 0 Å². The third-order valence-electron chi connectivity index (χ3n) is 5.62.